The molecule has 0 bridgehead atoms. The number of benzene rings is 1. The van der Waals surface area contributed by atoms with Crippen molar-refractivity contribution >= 4 is 23.6 Å². The van der Waals surface area contributed by atoms with E-state index < -0.39 is 60.1 Å². The van der Waals surface area contributed by atoms with Crippen molar-refractivity contribution in [1.82, 2.24) is 0 Å². The van der Waals surface area contributed by atoms with Crippen LogP contribution in [0, 0.1) is 10.1 Å². The molecule has 1 saturated heterocycles. The second kappa shape index (κ2) is 10.9. The first kappa shape index (κ1) is 24.4. The number of carbonyl (C=O) groups excluding carboxylic acids is 3. The van der Waals surface area contributed by atoms with Crippen LogP contribution in [0.4, 0.5) is 5.69 Å². The van der Waals surface area contributed by atoms with E-state index in [1.807, 2.05) is 0 Å². The molecule has 1 aliphatic rings. The van der Waals surface area contributed by atoms with Gasteiger partial charge in [-0.25, -0.2) is 0 Å². The first-order valence-electron chi connectivity index (χ1n) is 9.21. The molecule has 0 N–H and O–H groups in total. The van der Waals surface area contributed by atoms with Crippen LogP contribution in [0.5, 0.6) is 5.75 Å². The number of azide groups is 1. The monoisotopic (exact) mass is 452 g/mol. The first-order chi connectivity index (χ1) is 15.1. The summed E-state index contributed by atoms with van der Waals surface area (Å²) in [4.78, 5) is 47.6. The van der Waals surface area contributed by atoms with E-state index in [1.165, 1.54) is 24.3 Å². The number of nitrogens with zero attached hydrogens (tertiary/aromatic N) is 4. The van der Waals surface area contributed by atoms with E-state index in [4.69, 9.17) is 29.2 Å². The average Bonchev–Trinajstić information content (AvgIpc) is 2.70. The summed E-state index contributed by atoms with van der Waals surface area (Å²) in [6.45, 7) is 2.96. The summed E-state index contributed by atoms with van der Waals surface area (Å²) in [6, 6.07) is 3.62. The summed E-state index contributed by atoms with van der Waals surface area (Å²) in [5.41, 5.74) is 8.83. The molecule has 1 fully saturated rings. The van der Waals surface area contributed by atoms with Gasteiger partial charge in [-0.05, 0) is 17.7 Å². The summed E-state index contributed by atoms with van der Waals surface area (Å²) in [5, 5.41) is 14.4. The lowest BCUT2D eigenvalue weighted by molar-refractivity contribution is -0.384. The van der Waals surface area contributed by atoms with Crippen molar-refractivity contribution in [3.8, 4) is 5.75 Å². The van der Waals surface area contributed by atoms with Gasteiger partial charge < -0.3 is 23.7 Å². The molecule has 0 unspecified atom stereocenters. The summed E-state index contributed by atoms with van der Waals surface area (Å²) in [6.07, 6.45) is -5.17. The van der Waals surface area contributed by atoms with Crippen LogP contribution in [0.3, 0.4) is 0 Å². The van der Waals surface area contributed by atoms with Gasteiger partial charge in [-0.15, -0.1) is 0 Å². The van der Waals surface area contributed by atoms with Crippen LogP contribution >= 0.6 is 0 Å². The largest absolute Gasteiger partial charge is 0.464 e. The molecule has 172 valence electrons. The predicted octanol–water partition coefficient (Wildman–Crippen LogP) is 1.80. The smallest absolute Gasteiger partial charge is 0.303 e. The summed E-state index contributed by atoms with van der Waals surface area (Å²) < 4.78 is 26.8. The Morgan fingerprint density at radius 1 is 1.09 bits per heavy atom. The van der Waals surface area contributed by atoms with Gasteiger partial charge in [0.2, 0.25) is 6.29 Å². The van der Waals surface area contributed by atoms with E-state index >= 15 is 0 Å². The number of hydrogen-bond donors (Lipinski definition) is 0. The molecular weight excluding hydrogens is 432 g/mol. The SMILES string of the molecule is CC(=O)OC[C@H]1O[C@H](Oc2ccc([N+](=O)[O-])cc2)[C@@H](N=[N+]=[N-])[C@@H](OC(C)=O)[C@@H]1OC(C)=O. The van der Waals surface area contributed by atoms with Gasteiger partial charge in [-0.1, -0.05) is 5.11 Å². The van der Waals surface area contributed by atoms with Gasteiger partial charge in [0, 0.05) is 37.8 Å². The summed E-state index contributed by atoms with van der Waals surface area (Å²) in [5.74, 6) is -2.06. The quantitative estimate of drug-likeness (QED) is 0.107. The standard InChI is InChI=1S/C18H20N4O10/c1-9(23)28-8-14-16(29-10(2)24)17(30-11(3)25)15(20-21-19)18(32-14)31-13-6-4-12(5-7-13)22(26)27/h4-7,14-18H,8H2,1-3H3/t14-,15+,16-,17-,18+/m1/s1. The fourth-order valence-corrected chi connectivity index (χ4v) is 2.95. The van der Waals surface area contributed by atoms with Crippen LogP contribution in [-0.4, -0.2) is 60.1 Å². The van der Waals surface area contributed by atoms with Gasteiger partial charge >= 0.3 is 17.9 Å². The minimum Gasteiger partial charge on any atom is -0.464 e. The van der Waals surface area contributed by atoms with Crippen LogP contribution in [0.2, 0.25) is 0 Å². The Balaban J connectivity index is 2.41. The maximum Gasteiger partial charge on any atom is 0.303 e. The molecule has 2 rings (SSSR count). The van der Waals surface area contributed by atoms with Gasteiger partial charge in [0.15, 0.2) is 12.2 Å². The van der Waals surface area contributed by atoms with Crippen LogP contribution < -0.4 is 4.74 Å². The summed E-state index contributed by atoms with van der Waals surface area (Å²) >= 11 is 0. The lowest BCUT2D eigenvalue weighted by Gasteiger charge is -2.43. The molecule has 0 aromatic heterocycles. The fourth-order valence-electron chi connectivity index (χ4n) is 2.95. The van der Waals surface area contributed by atoms with Crippen LogP contribution in [0.15, 0.2) is 29.4 Å². The molecule has 0 aliphatic carbocycles. The zero-order valence-corrected chi connectivity index (χ0v) is 17.3. The molecule has 14 heteroatoms. The highest BCUT2D eigenvalue weighted by molar-refractivity contribution is 5.68. The molecule has 0 radical (unpaired) electrons. The van der Waals surface area contributed by atoms with Gasteiger partial charge in [-0.3, -0.25) is 24.5 Å². The van der Waals surface area contributed by atoms with E-state index in [2.05, 4.69) is 10.0 Å². The Morgan fingerprint density at radius 2 is 1.69 bits per heavy atom. The topological polar surface area (TPSA) is 189 Å². The lowest BCUT2D eigenvalue weighted by Crippen LogP contribution is -2.62. The van der Waals surface area contributed by atoms with Gasteiger partial charge in [0.25, 0.3) is 5.69 Å². The molecule has 0 spiro atoms. The molecule has 1 aliphatic heterocycles. The maximum atomic E-state index is 11.7. The maximum absolute atomic E-state index is 11.7. The molecule has 32 heavy (non-hydrogen) atoms. The number of rotatable bonds is 8. The minimum absolute atomic E-state index is 0.109. The lowest BCUT2D eigenvalue weighted by atomic mass is 9.96. The minimum atomic E-state index is -1.39. The van der Waals surface area contributed by atoms with Gasteiger partial charge in [-0.2, -0.15) is 0 Å². The molecule has 5 atom stereocenters. The van der Waals surface area contributed by atoms with Crippen LogP contribution in [0.25, 0.3) is 10.4 Å². The number of non-ortho nitro benzene ring substituents is 1. The highest BCUT2D eigenvalue weighted by atomic mass is 16.7. The third kappa shape index (κ3) is 6.55. The number of nitro groups is 1. The van der Waals surface area contributed by atoms with E-state index in [0.29, 0.717) is 0 Å². The van der Waals surface area contributed by atoms with E-state index in [0.717, 1.165) is 20.8 Å². The number of ether oxygens (including phenoxy) is 5. The van der Waals surface area contributed by atoms with Crippen LogP contribution in [-0.2, 0) is 33.3 Å². The van der Waals surface area contributed by atoms with Crippen molar-refractivity contribution in [1.29, 1.82) is 0 Å². The number of nitro benzene ring substituents is 1. The molecular formula is C18H20N4O10. The number of esters is 3. The fraction of sp³-hybridized carbons (Fsp3) is 0.500. The highest BCUT2D eigenvalue weighted by Crippen LogP contribution is 2.31. The van der Waals surface area contributed by atoms with Crippen molar-refractivity contribution in [3.05, 3.63) is 44.8 Å². The molecule has 1 aromatic carbocycles. The van der Waals surface area contributed by atoms with Crippen molar-refractivity contribution in [2.75, 3.05) is 6.61 Å². The third-order valence-electron chi connectivity index (χ3n) is 4.15. The van der Waals surface area contributed by atoms with Gasteiger partial charge in [0.1, 0.15) is 24.5 Å². The molecule has 1 aromatic rings. The van der Waals surface area contributed by atoms with Gasteiger partial charge in [0.05, 0.1) is 4.92 Å². The highest BCUT2D eigenvalue weighted by Gasteiger charge is 2.51. The Hall–Kier alpha value is -3.90. The number of carbonyl (C=O) groups is 3. The second-order valence-corrected chi connectivity index (χ2v) is 6.56. The Morgan fingerprint density at radius 3 is 2.19 bits per heavy atom. The summed E-state index contributed by atoms with van der Waals surface area (Å²) in [7, 11) is 0. The zero-order chi connectivity index (χ0) is 23.8. The zero-order valence-electron chi connectivity index (χ0n) is 17.3. The van der Waals surface area contributed by atoms with Crippen molar-refractivity contribution in [2.24, 2.45) is 5.11 Å². The first-order valence-corrected chi connectivity index (χ1v) is 9.21. The van der Waals surface area contributed by atoms with Crippen molar-refractivity contribution in [3.63, 3.8) is 0 Å². The molecule has 0 amide bonds. The third-order valence-corrected chi connectivity index (χ3v) is 4.15. The van der Waals surface area contributed by atoms with E-state index in [-0.39, 0.29) is 11.4 Å². The van der Waals surface area contributed by atoms with Crippen LogP contribution in [0.1, 0.15) is 20.8 Å². The Bertz CT molecular complexity index is 915. The predicted molar refractivity (Wildman–Crippen MR) is 103 cm³/mol. The van der Waals surface area contributed by atoms with E-state index in [1.54, 1.807) is 0 Å². The number of hydrogen-bond acceptors (Lipinski definition) is 11. The Kier molecular flexibility index (Phi) is 8.32. The van der Waals surface area contributed by atoms with Crippen molar-refractivity contribution in [2.45, 2.75) is 51.4 Å². The normalized spacial score (nSPS) is 24.4. The van der Waals surface area contributed by atoms with E-state index in [9.17, 15) is 24.5 Å². The van der Waals surface area contributed by atoms with Crippen molar-refractivity contribution < 1.29 is 43.0 Å². The molecule has 1 heterocycles. The average molecular weight is 452 g/mol. The second-order valence-electron chi connectivity index (χ2n) is 6.56. The molecule has 14 nitrogen and oxygen atoms in total. The molecule has 0 saturated carbocycles. The Labute approximate surface area is 181 Å².